The van der Waals surface area contributed by atoms with Crippen LogP contribution in [0.2, 0.25) is 0 Å². The first-order chi connectivity index (χ1) is 8.06. The number of aliphatic hydroxyl groups excluding tert-OH is 2. The zero-order chi connectivity index (χ0) is 13.1. The maximum atomic E-state index is 8.97. The number of rotatable bonds is 5. The van der Waals surface area contributed by atoms with Crippen LogP contribution in [0, 0.1) is 0 Å². The highest BCUT2D eigenvalue weighted by molar-refractivity contribution is 5.14. The molecule has 1 aromatic carbocycles. The first kappa shape index (κ1) is 16.1. The molecule has 5 N–H and O–H groups in total. The van der Waals surface area contributed by atoms with Gasteiger partial charge >= 0.3 is 0 Å². The van der Waals surface area contributed by atoms with Crippen molar-refractivity contribution in [2.24, 2.45) is 5.73 Å². The molecule has 0 radical (unpaired) electrons. The van der Waals surface area contributed by atoms with Gasteiger partial charge in [0.2, 0.25) is 0 Å². The molecule has 0 aliphatic rings. The second-order valence-corrected chi connectivity index (χ2v) is 4.05. The maximum absolute atomic E-state index is 8.97. The molecule has 2 unspecified atom stereocenters. The van der Waals surface area contributed by atoms with Crippen LogP contribution in [-0.4, -0.2) is 35.5 Å². The Balaban J connectivity index is 0.000000437. The van der Waals surface area contributed by atoms with Crippen LogP contribution in [0.1, 0.15) is 19.4 Å². The summed E-state index contributed by atoms with van der Waals surface area (Å²) in [4.78, 5) is 0. The Labute approximate surface area is 103 Å². The fourth-order valence-electron chi connectivity index (χ4n) is 1.02. The van der Waals surface area contributed by atoms with Crippen LogP contribution in [0.4, 0.5) is 0 Å². The highest BCUT2D eigenvalue weighted by Crippen LogP contribution is 1.96. The number of hydrogen-bond acceptors (Lipinski definition) is 4. The van der Waals surface area contributed by atoms with Crippen LogP contribution in [0.5, 0.6) is 0 Å². The lowest BCUT2D eigenvalue weighted by atomic mass is 10.2. The average molecular weight is 240 g/mol. The molecule has 0 bridgehead atoms. The maximum Gasteiger partial charge on any atom is 0.0636 e. The normalized spacial score (nSPS) is 13.5. The Morgan fingerprint density at radius 2 is 1.65 bits per heavy atom. The van der Waals surface area contributed by atoms with Gasteiger partial charge in [0.15, 0.2) is 0 Å². The predicted molar refractivity (Wildman–Crippen MR) is 70.6 cm³/mol. The lowest BCUT2D eigenvalue weighted by molar-refractivity contribution is 0.191. The SMILES string of the molecule is CC(O)CN.CC(O)CNCc1ccccc1. The highest BCUT2D eigenvalue weighted by atomic mass is 16.3. The van der Waals surface area contributed by atoms with E-state index in [1.165, 1.54) is 5.56 Å². The van der Waals surface area contributed by atoms with Crippen LogP contribution >= 0.6 is 0 Å². The van der Waals surface area contributed by atoms with E-state index in [2.05, 4.69) is 17.4 Å². The summed E-state index contributed by atoms with van der Waals surface area (Å²) >= 11 is 0. The van der Waals surface area contributed by atoms with Crippen molar-refractivity contribution < 1.29 is 10.2 Å². The zero-order valence-corrected chi connectivity index (χ0v) is 10.6. The Kier molecular flexibility index (Phi) is 9.66. The molecule has 0 saturated carbocycles. The lowest BCUT2D eigenvalue weighted by Gasteiger charge is -2.06. The minimum Gasteiger partial charge on any atom is -0.392 e. The Hall–Kier alpha value is -0.940. The molecule has 0 spiro atoms. The van der Waals surface area contributed by atoms with E-state index in [1.54, 1.807) is 13.8 Å². The number of aliphatic hydroxyl groups is 2. The number of benzene rings is 1. The van der Waals surface area contributed by atoms with Gasteiger partial charge in [0.25, 0.3) is 0 Å². The molecule has 0 aromatic heterocycles. The highest BCUT2D eigenvalue weighted by Gasteiger charge is 1.94. The van der Waals surface area contributed by atoms with Gasteiger partial charge in [-0.3, -0.25) is 0 Å². The van der Waals surface area contributed by atoms with Gasteiger partial charge in [0, 0.05) is 19.6 Å². The molecular weight excluding hydrogens is 216 g/mol. The monoisotopic (exact) mass is 240 g/mol. The van der Waals surface area contributed by atoms with Crippen molar-refractivity contribution in [1.82, 2.24) is 5.32 Å². The lowest BCUT2D eigenvalue weighted by Crippen LogP contribution is -2.23. The smallest absolute Gasteiger partial charge is 0.0636 e. The second kappa shape index (κ2) is 10.2. The molecule has 0 saturated heterocycles. The number of nitrogens with one attached hydrogen (secondary N) is 1. The molecule has 0 fully saturated rings. The summed E-state index contributed by atoms with van der Waals surface area (Å²) < 4.78 is 0. The minimum atomic E-state index is -0.338. The molecule has 0 aliphatic heterocycles. The molecular formula is C13H24N2O2. The molecule has 2 atom stereocenters. The van der Waals surface area contributed by atoms with Gasteiger partial charge in [-0.15, -0.1) is 0 Å². The van der Waals surface area contributed by atoms with Crippen molar-refractivity contribution in [2.45, 2.75) is 32.6 Å². The van der Waals surface area contributed by atoms with Crippen LogP contribution in [-0.2, 0) is 6.54 Å². The Bertz CT molecular complexity index is 263. The topological polar surface area (TPSA) is 78.5 Å². The van der Waals surface area contributed by atoms with Crippen LogP contribution in [0.25, 0.3) is 0 Å². The molecule has 0 amide bonds. The summed E-state index contributed by atoms with van der Waals surface area (Å²) in [6.45, 7) is 5.26. The molecule has 98 valence electrons. The average Bonchev–Trinajstić information content (AvgIpc) is 2.30. The van der Waals surface area contributed by atoms with Crippen molar-refractivity contribution in [3.63, 3.8) is 0 Å². The first-order valence-electron chi connectivity index (χ1n) is 5.87. The minimum absolute atomic E-state index is 0.270. The van der Waals surface area contributed by atoms with Gasteiger partial charge < -0.3 is 21.3 Å². The van der Waals surface area contributed by atoms with Gasteiger partial charge in [0.05, 0.1) is 12.2 Å². The second-order valence-electron chi connectivity index (χ2n) is 4.05. The van der Waals surface area contributed by atoms with Gasteiger partial charge in [-0.2, -0.15) is 0 Å². The zero-order valence-electron chi connectivity index (χ0n) is 10.6. The molecule has 0 aliphatic carbocycles. The van der Waals surface area contributed by atoms with Gasteiger partial charge in [-0.25, -0.2) is 0 Å². The summed E-state index contributed by atoms with van der Waals surface area (Å²) in [5, 5.41) is 20.4. The van der Waals surface area contributed by atoms with Crippen molar-refractivity contribution >= 4 is 0 Å². The van der Waals surface area contributed by atoms with Gasteiger partial charge in [-0.1, -0.05) is 30.3 Å². The third kappa shape index (κ3) is 11.3. The van der Waals surface area contributed by atoms with E-state index in [0.29, 0.717) is 13.1 Å². The fraction of sp³-hybridized carbons (Fsp3) is 0.538. The van der Waals surface area contributed by atoms with Crippen molar-refractivity contribution in [3.05, 3.63) is 35.9 Å². The van der Waals surface area contributed by atoms with E-state index in [-0.39, 0.29) is 12.2 Å². The van der Waals surface area contributed by atoms with E-state index < -0.39 is 0 Å². The van der Waals surface area contributed by atoms with Crippen LogP contribution in [0.15, 0.2) is 30.3 Å². The molecule has 4 heteroatoms. The van der Waals surface area contributed by atoms with Gasteiger partial charge in [-0.05, 0) is 19.4 Å². The van der Waals surface area contributed by atoms with Crippen LogP contribution < -0.4 is 11.1 Å². The van der Waals surface area contributed by atoms with Crippen molar-refractivity contribution in [2.75, 3.05) is 13.1 Å². The quantitative estimate of drug-likeness (QED) is 0.604. The molecule has 1 rings (SSSR count). The summed E-state index contributed by atoms with van der Waals surface area (Å²) in [5.41, 5.74) is 6.17. The third-order valence-electron chi connectivity index (χ3n) is 1.95. The molecule has 0 heterocycles. The van der Waals surface area contributed by atoms with E-state index in [0.717, 1.165) is 6.54 Å². The molecule has 17 heavy (non-hydrogen) atoms. The number of hydrogen-bond donors (Lipinski definition) is 4. The summed E-state index contributed by atoms with van der Waals surface area (Å²) in [6.07, 6.45) is -0.608. The Morgan fingerprint density at radius 1 is 1.12 bits per heavy atom. The fourth-order valence-corrected chi connectivity index (χ4v) is 1.02. The molecule has 1 aromatic rings. The summed E-state index contributed by atoms with van der Waals surface area (Å²) in [7, 11) is 0. The van der Waals surface area contributed by atoms with Crippen molar-refractivity contribution in [3.8, 4) is 0 Å². The van der Waals surface area contributed by atoms with E-state index >= 15 is 0 Å². The first-order valence-corrected chi connectivity index (χ1v) is 5.87. The number of nitrogens with two attached hydrogens (primary N) is 1. The summed E-state index contributed by atoms with van der Waals surface area (Å²) in [6, 6.07) is 10.2. The molecule has 4 nitrogen and oxygen atoms in total. The van der Waals surface area contributed by atoms with Crippen LogP contribution in [0.3, 0.4) is 0 Å². The predicted octanol–water partition coefficient (Wildman–Crippen LogP) is 0.483. The standard InChI is InChI=1S/C10H15NO.C3H9NO/c1-9(12)7-11-8-10-5-3-2-4-6-10;1-3(5)2-4/h2-6,9,11-12H,7-8H2,1H3;3,5H,2,4H2,1H3. The van der Waals surface area contributed by atoms with E-state index in [9.17, 15) is 0 Å². The largest absolute Gasteiger partial charge is 0.392 e. The third-order valence-corrected chi connectivity index (χ3v) is 1.95. The Morgan fingerprint density at radius 3 is 2.06 bits per heavy atom. The summed E-state index contributed by atoms with van der Waals surface area (Å²) in [5.74, 6) is 0. The van der Waals surface area contributed by atoms with E-state index in [4.69, 9.17) is 15.9 Å². The van der Waals surface area contributed by atoms with E-state index in [1.807, 2.05) is 18.2 Å². The van der Waals surface area contributed by atoms with Crippen molar-refractivity contribution in [1.29, 1.82) is 0 Å². The van der Waals surface area contributed by atoms with Gasteiger partial charge in [0.1, 0.15) is 0 Å².